The van der Waals surface area contributed by atoms with Gasteiger partial charge in [0.25, 0.3) is 0 Å². The number of benzene rings is 1. The fraction of sp³-hybridized carbons (Fsp3) is 0.412. The van der Waals surface area contributed by atoms with Crippen LogP contribution >= 0.6 is 23.2 Å². The smallest absolute Gasteiger partial charge is 0.414 e. The quantitative estimate of drug-likeness (QED) is 0.576. The van der Waals surface area contributed by atoms with Crippen LogP contribution in [0, 0.1) is 10.1 Å². The van der Waals surface area contributed by atoms with Gasteiger partial charge in [0.2, 0.25) is 0 Å². The zero-order valence-corrected chi connectivity index (χ0v) is 16.5. The molecule has 1 atom stereocenters. The Balaban J connectivity index is 1.65. The fourth-order valence-corrected chi connectivity index (χ4v) is 3.43. The molecule has 2 aromatic rings. The lowest BCUT2D eigenvalue weighted by Crippen LogP contribution is -2.41. The summed E-state index contributed by atoms with van der Waals surface area (Å²) in [5.74, 6) is -0.429. The van der Waals surface area contributed by atoms with E-state index in [2.05, 4.69) is 4.98 Å². The summed E-state index contributed by atoms with van der Waals surface area (Å²) in [6.07, 6.45) is 2.11. The predicted octanol–water partition coefficient (Wildman–Crippen LogP) is 3.44. The molecule has 11 heteroatoms. The number of amides is 1. The maximum Gasteiger partial charge on any atom is 0.414 e. The number of ether oxygens (including phenoxy) is 1. The first-order chi connectivity index (χ1) is 13.2. The van der Waals surface area contributed by atoms with Crippen molar-refractivity contribution in [3.8, 4) is 0 Å². The van der Waals surface area contributed by atoms with Crippen molar-refractivity contribution in [3.05, 3.63) is 50.4 Å². The number of hydrogen-bond acceptors (Lipinski definition) is 6. The Hall–Kier alpha value is -2.36. The standard InChI is InChI=1S/C17H18Cl2N4O5/c1-17(25,9-21-8-14(23(26)27)20-15(21)19)10-28-16(24)22-6-2-3-11-7-12(18)4-5-13(11)22/h4-5,7-8,25H,2-3,6,9-10H2,1H3/t17-/m1/s1. The van der Waals surface area contributed by atoms with E-state index in [1.807, 2.05) is 6.07 Å². The van der Waals surface area contributed by atoms with Gasteiger partial charge in [-0.3, -0.25) is 9.47 Å². The molecule has 0 radical (unpaired) electrons. The first-order valence-electron chi connectivity index (χ1n) is 8.48. The summed E-state index contributed by atoms with van der Waals surface area (Å²) in [7, 11) is 0. The Labute approximate surface area is 170 Å². The van der Waals surface area contributed by atoms with Gasteiger partial charge in [-0.1, -0.05) is 11.6 Å². The number of rotatable bonds is 5. The molecule has 1 aliphatic heterocycles. The second-order valence-corrected chi connectivity index (χ2v) is 7.61. The van der Waals surface area contributed by atoms with E-state index in [0.29, 0.717) is 11.6 Å². The minimum absolute atomic E-state index is 0.133. The minimum atomic E-state index is -1.51. The van der Waals surface area contributed by atoms with Crippen molar-refractivity contribution in [1.29, 1.82) is 0 Å². The number of fused-ring (bicyclic) bond motifs is 1. The van der Waals surface area contributed by atoms with Crippen LogP contribution < -0.4 is 4.90 Å². The summed E-state index contributed by atoms with van der Waals surface area (Å²) in [6.45, 7) is 1.47. The lowest BCUT2D eigenvalue weighted by molar-refractivity contribution is -0.389. The topological polar surface area (TPSA) is 111 Å². The van der Waals surface area contributed by atoms with Crippen LogP contribution in [0.2, 0.25) is 10.3 Å². The fourth-order valence-electron chi connectivity index (χ4n) is 3.04. The van der Waals surface area contributed by atoms with Gasteiger partial charge in [-0.15, -0.1) is 0 Å². The molecule has 0 bridgehead atoms. The molecular formula is C17H18Cl2N4O5. The molecule has 3 rings (SSSR count). The summed E-state index contributed by atoms with van der Waals surface area (Å²) in [6, 6.07) is 5.29. The van der Waals surface area contributed by atoms with Crippen molar-refractivity contribution in [2.75, 3.05) is 18.1 Å². The molecule has 0 saturated carbocycles. The molecule has 0 unspecified atom stereocenters. The number of anilines is 1. The zero-order valence-electron chi connectivity index (χ0n) is 15.0. The van der Waals surface area contributed by atoms with E-state index in [9.17, 15) is 20.0 Å². The van der Waals surface area contributed by atoms with Crippen molar-refractivity contribution in [2.45, 2.75) is 31.9 Å². The second-order valence-electron chi connectivity index (χ2n) is 6.83. The number of nitro groups is 1. The van der Waals surface area contributed by atoms with E-state index >= 15 is 0 Å². The lowest BCUT2D eigenvalue weighted by atomic mass is 10.0. The Kier molecular flexibility index (Phi) is 5.78. The number of aryl methyl sites for hydroxylation is 1. The monoisotopic (exact) mass is 428 g/mol. The number of carbonyl (C=O) groups is 1. The normalized spacial score (nSPS) is 15.6. The van der Waals surface area contributed by atoms with Crippen LogP contribution in [0.1, 0.15) is 18.9 Å². The first kappa shape index (κ1) is 20.4. The summed E-state index contributed by atoms with van der Waals surface area (Å²) in [4.78, 5) is 27.7. The highest BCUT2D eigenvalue weighted by atomic mass is 35.5. The molecule has 0 fully saturated rings. The number of aliphatic hydroxyl groups is 1. The van der Waals surface area contributed by atoms with Crippen molar-refractivity contribution in [2.24, 2.45) is 0 Å². The van der Waals surface area contributed by atoms with Crippen LogP contribution in [0.3, 0.4) is 0 Å². The van der Waals surface area contributed by atoms with Crippen molar-refractivity contribution in [1.82, 2.24) is 9.55 Å². The SMILES string of the molecule is C[C@](O)(COC(=O)N1CCCc2cc(Cl)ccc21)Cn1cc([N+](=O)[O-])nc1Cl. The average Bonchev–Trinajstić information content (AvgIpc) is 2.99. The zero-order chi connectivity index (χ0) is 20.5. The maximum atomic E-state index is 12.5. The molecule has 1 aromatic carbocycles. The van der Waals surface area contributed by atoms with E-state index in [4.69, 9.17) is 27.9 Å². The van der Waals surface area contributed by atoms with E-state index in [0.717, 1.165) is 30.3 Å². The van der Waals surface area contributed by atoms with E-state index in [1.165, 1.54) is 16.4 Å². The van der Waals surface area contributed by atoms with Gasteiger partial charge in [0.05, 0.1) is 12.2 Å². The van der Waals surface area contributed by atoms with E-state index in [1.54, 1.807) is 12.1 Å². The Bertz CT molecular complexity index is 915. The predicted molar refractivity (Wildman–Crippen MR) is 103 cm³/mol. The van der Waals surface area contributed by atoms with Crippen LogP contribution in [0.5, 0.6) is 0 Å². The van der Waals surface area contributed by atoms with E-state index in [-0.39, 0.29) is 18.4 Å². The summed E-state index contributed by atoms with van der Waals surface area (Å²) in [5.41, 5.74) is 0.181. The third-order valence-corrected chi connectivity index (χ3v) is 4.84. The van der Waals surface area contributed by atoms with Gasteiger partial charge in [0.15, 0.2) is 0 Å². The lowest BCUT2D eigenvalue weighted by Gasteiger charge is -2.30. The largest absolute Gasteiger partial charge is 0.446 e. The molecule has 0 spiro atoms. The van der Waals surface area contributed by atoms with Crippen LogP contribution in [0.15, 0.2) is 24.4 Å². The highest BCUT2D eigenvalue weighted by molar-refractivity contribution is 6.30. The van der Waals surface area contributed by atoms with Crippen LogP contribution in [0.25, 0.3) is 0 Å². The number of hydrogen-bond donors (Lipinski definition) is 1. The Morgan fingerprint density at radius 2 is 2.21 bits per heavy atom. The molecule has 28 heavy (non-hydrogen) atoms. The molecular weight excluding hydrogens is 411 g/mol. The Morgan fingerprint density at radius 1 is 1.46 bits per heavy atom. The average molecular weight is 429 g/mol. The van der Waals surface area contributed by atoms with Gasteiger partial charge in [0.1, 0.15) is 18.4 Å². The third-order valence-electron chi connectivity index (χ3n) is 4.30. The van der Waals surface area contributed by atoms with E-state index < -0.39 is 22.4 Å². The molecule has 1 amide bonds. The molecule has 1 N–H and O–H groups in total. The van der Waals surface area contributed by atoms with Gasteiger partial charge in [-0.05, 0) is 65.0 Å². The van der Waals surface area contributed by atoms with Gasteiger partial charge < -0.3 is 20.0 Å². The molecule has 0 saturated heterocycles. The molecule has 1 aromatic heterocycles. The van der Waals surface area contributed by atoms with Crippen molar-refractivity contribution in [3.63, 3.8) is 0 Å². The number of imidazole rings is 1. The molecule has 150 valence electrons. The van der Waals surface area contributed by atoms with Gasteiger partial charge in [-0.25, -0.2) is 4.79 Å². The number of carbonyl (C=O) groups excluding carboxylic acids is 1. The number of aromatic nitrogens is 2. The molecule has 1 aliphatic rings. The summed E-state index contributed by atoms with van der Waals surface area (Å²) in [5, 5.41) is 21.8. The van der Waals surface area contributed by atoms with Crippen LogP contribution in [0.4, 0.5) is 16.3 Å². The maximum absolute atomic E-state index is 12.5. The highest BCUT2D eigenvalue weighted by Crippen LogP contribution is 2.30. The highest BCUT2D eigenvalue weighted by Gasteiger charge is 2.30. The van der Waals surface area contributed by atoms with Crippen molar-refractivity contribution >= 4 is 40.8 Å². The Morgan fingerprint density at radius 3 is 2.89 bits per heavy atom. The molecule has 9 nitrogen and oxygen atoms in total. The van der Waals surface area contributed by atoms with Gasteiger partial charge in [-0.2, -0.15) is 0 Å². The summed E-state index contributed by atoms with van der Waals surface area (Å²) < 4.78 is 6.52. The molecule has 0 aliphatic carbocycles. The minimum Gasteiger partial charge on any atom is -0.446 e. The van der Waals surface area contributed by atoms with Crippen LogP contribution in [-0.4, -0.2) is 44.4 Å². The molecule has 2 heterocycles. The van der Waals surface area contributed by atoms with Crippen molar-refractivity contribution < 1.29 is 19.6 Å². The third kappa shape index (κ3) is 4.54. The van der Waals surface area contributed by atoms with Gasteiger partial charge >= 0.3 is 17.2 Å². The number of nitrogens with zero attached hydrogens (tertiary/aromatic N) is 4. The van der Waals surface area contributed by atoms with Gasteiger partial charge in [0, 0.05) is 11.6 Å². The van der Waals surface area contributed by atoms with Crippen LogP contribution in [-0.2, 0) is 17.7 Å². The second kappa shape index (κ2) is 7.94. The number of halogens is 2. The summed E-state index contributed by atoms with van der Waals surface area (Å²) >= 11 is 11.9. The first-order valence-corrected chi connectivity index (χ1v) is 9.24.